The molecule has 1 amide bonds. The standard InChI is InChI=1S/C19H25N5O2.CH2O2/c1-13(2)17-15(6-7-16(25)23-17)18(26)22-11-14-5-3-10-24(12-14)19-20-8-4-9-21-19;2-1-3/h4,6-9,13-14H,3,5,10-12H2,1-2H3,(H,22,26)(H,23,25);1H,(H,2,3). The van der Waals surface area contributed by atoms with Gasteiger partial charge in [-0.2, -0.15) is 0 Å². The molecule has 0 aliphatic carbocycles. The number of hydrogen-bond acceptors (Lipinski definition) is 6. The smallest absolute Gasteiger partial charge is 0.290 e. The van der Waals surface area contributed by atoms with E-state index in [2.05, 4.69) is 25.2 Å². The van der Waals surface area contributed by atoms with Crippen LogP contribution in [0.15, 0.2) is 35.4 Å². The number of carboxylic acid groups (broad SMARTS) is 1. The van der Waals surface area contributed by atoms with E-state index in [-0.39, 0.29) is 23.9 Å². The molecule has 2 aromatic rings. The predicted octanol–water partition coefficient (Wildman–Crippen LogP) is 1.64. The van der Waals surface area contributed by atoms with Gasteiger partial charge in [0.05, 0.1) is 5.56 Å². The minimum absolute atomic E-state index is 0.0741. The summed E-state index contributed by atoms with van der Waals surface area (Å²) in [7, 11) is 0. The average Bonchev–Trinajstić information content (AvgIpc) is 2.73. The number of carbonyl (C=O) groups is 2. The third kappa shape index (κ3) is 6.41. The zero-order valence-electron chi connectivity index (χ0n) is 16.7. The summed E-state index contributed by atoms with van der Waals surface area (Å²) >= 11 is 0. The Morgan fingerprint density at radius 1 is 1.38 bits per heavy atom. The number of aromatic nitrogens is 3. The van der Waals surface area contributed by atoms with Crippen LogP contribution in [0.25, 0.3) is 0 Å². The second-order valence-corrected chi connectivity index (χ2v) is 7.12. The van der Waals surface area contributed by atoms with Crippen LogP contribution in [0.4, 0.5) is 5.95 Å². The van der Waals surface area contributed by atoms with E-state index in [0.717, 1.165) is 31.9 Å². The molecule has 0 bridgehead atoms. The summed E-state index contributed by atoms with van der Waals surface area (Å²) in [5, 5.41) is 9.92. The van der Waals surface area contributed by atoms with Crippen molar-refractivity contribution in [2.45, 2.75) is 32.6 Å². The molecule has 0 spiro atoms. The van der Waals surface area contributed by atoms with Gasteiger partial charge in [-0.1, -0.05) is 13.8 Å². The molecule has 1 unspecified atom stereocenters. The van der Waals surface area contributed by atoms with Crippen LogP contribution >= 0.6 is 0 Å². The van der Waals surface area contributed by atoms with Crippen molar-refractivity contribution < 1.29 is 14.7 Å². The first-order chi connectivity index (χ1) is 14.0. The summed E-state index contributed by atoms with van der Waals surface area (Å²) in [6, 6.07) is 4.81. The molecule has 9 heteroatoms. The molecule has 2 aromatic heterocycles. The highest BCUT2D eigenvalue weighted by molar-refractivity contribution is 5.95. The number of aromatic amines is 1. The number of piperidine rings is 1. The molecule has 29 heavy (non-hydrogen) atoms. The van der Waals surface area contributed by atoms with Crippen LogP contribution < -0.4 is 15.8 Å². The Balaban J connectivity index is 0.000000941. The van der Waals surface area contributed by atoms with E-state index in [9.17, 15) is 9.59 Å². The Morgan fingerprint density at radius 2 is 2.07 bits per heavy atom. The Labute approximate surface area is 169 Å². The fourth-order valence-electron chi connectivity index (χ4n) is 3.34. The van der Waals surface area contributed by atoms with Crippen LogP contribution in [-0.2, 0) is 4.79 Å². The maximum Gasteiger partial charge on any atom is 0.290 e. The predicted molar refractivity (Wildman–Crippen MR) is 109 cm³/mol. The molecule has 3 N–H and O–H groups in total. The third-order valence-corrected chi connectivity index (χ3v) is 4.68. The molecule has 3 rings (SSSR count). The zero-order chi connectivity index (χ0) is 21.2. The molecule has 9 nitrogen and oxygen atoms in total. The highest BCUT2D eigenvalue weighted by Gasteiger charge is 2.23. The topological polar surface area (TPSA) is 128 Å². The van der Waals surface area contributed by atoms with Crippen molar-refractivity contribution in [2.24, 2.45) is 5.92 Å². The number of H-pyrrole nitrogens is 1. The van der Waals surface area contributed by atoms with Crippen LogP contribution in [-0.4, -0.2) is 52.1 Å². The average molecular weight is 401 g/mol. The van der Waals surface area contributed by atoms with E-state index >= 15 is 0 Å². The van der Waals surface area contributed by atoms with Gasteiger partial charge in [-0.25, -0.2) is 9.97 Å². The normalized spacial score (nSPS) is 16.0. The lowest BCUT2D eigenvalue weighted by atomic mass is 9.97. The maximum absolute atomic E-state index is 12.6. The Hall–Kier alpha value is -3.23. The zero-order valence-corrected chi connectivity index (χ0v) is 16.7. The number of anilines is 1. The first-order valence-electron chi connectivity index (χ1n) is 9.57. The summed E-state index contributed by atoms with van der Waals surface area (Å²) in [6.45, 7) is 6.03. The molecular weight excluding hydrogens is 374 g/mol. The maximum atomic E-state index is 12.6. The van der Waals surface area contributed by atoms with Crippen molar-refractivity contribution in [1.82, 2.24) is 20.3 Å². The van der Waals surface area contributed by atoms with Crippen molar-refractivity contribution in [2.75, 3.05) is 24.5 Å². The summed E-state index contributed by atoms with van der Waals surface area (Å²) in [4.78, 5) is 46.1. The quantitative estimate of drug-likeness (QED) is 0.650. The number of nitrogens with one attached hydrogen (secondary N) is 2. The number of rotatable bonds is 5. The Bertz CT molecular complexity index is 853. The van der Waals surface area contributed by atoms with E-state index in [0.29, 0.717) is 23.7 Å². The van der Waals surface area contributed by atoms with E-state index in [1.54, 1.807) is 18.5 Å². The lowest BCUT2D eigenvalue weighted by Gasteiger charge is -2.32. The van der Waals surface area contributed by atoms with E-state index in [1.165, 1.54) is 6.07 Å². The molecule has 0 radical (unpaired) electrons. The second kappa shape index (κ2) is 10.9. The molecule has 1 fully saturated rings. The molecule has 3 heterocycles. The Morgan fingerprint density at radius 3 is 2.72 bits per heavy atom. The van der Waals surface area contributed by atoms with Crippen molar-refractivity contribution in [3.63, 3.8) is 0 Å². The lowest BCUT2D eigenvalue weighted by Crippen LogP contribution is -2.41. The summed E-state index contributed by atoms with van der Waals surface area (Å²) in [5.41, 5.74) is 1.03. The molecule has 1 saturated heterocycles. The number of pyridine rings is 1. The van der Waals surface area contributed by atoms with E-state index in [4.69, 9.17) is 9.90 Å². The van der Waals surface area contributed by atoms with Gasteiger partial charge < -0.3 is 20.3 Å². The molecule has 156 valence electrons. The summed E-state index contributed by atoms with van der Waals surface area (Å²) < 4.78 is 0. The first kappa shape index (κ1) is 22.1. The van der Waals surface area contributed by atoms with Gasteiger partial charge in [0.25, 0.3) is 12.4 Å². The molecule has 0 saturated carbocycles. The largest absolute Gasteiger partial charge is 0.483 e. The molecular formula is C20H27N5O4. The van der Waals surface area contributed by atoms with Crippen molar-refractivity contribution >= 4 is 18.3 Å². The number of hydrogen-bond donors (Lipinski definition) is 3. The summed E-state index contributed by atoms with van der Waals surface area (Å²) in [6.07, 6.45) is 5.61. The monoisotopic (exact) mass is 401 g/mol. The van der Waals surface area contributed by atoms with Gasteiger partial charge in [0, 0.05) is 43.8 Å². The summed E-state index contributed by atoms with van der Waals surface area (Å²) in [5.74, 6) is 1.02. The lowest BCUT2D eigenvalue weighted by molar-refractivity contribution is -0.122. The van der Waals surface area contributed by atoms with E-state index < -0.39 is 0 Å². The fraction of sp³-hybridized carbons (Fsp3) is 0.450. The highest BCUT2D eigenvalue weighted by atomic mass is 16.3. The van der Waals surface area contributed by atoms with Gasteiger partial charge in [-0.05, 0) is 36.8 Å². The van der Waals surface area contributed by atoms with Crippen LogP contribution in [0, 0.1) is 5.92 Å². The van der Waals surface area contributed by atoms with Crippen molar-refractivity contribution in [1.29, 1.82) is 0 Å². The van der Waals surface area contributed by atoms with Gasteiger partial charge in [0.15, 0.2) is 0 Å². The number of nitrogens with zero attached hydrogens (tertiary/aromatic N) is 3. The van der Waals surface area contributed by atoms with Gasteiger partial charge in [0.1, 0.15) is 0 Å². The van der Waals surface area contributed by atoms with Crippen LogP contribution in [0.5, 0.6) is 0 Å². The van der Waals surface area contributed by atoms with Gasteiger partial charge in [-0.15, -0.1) is 0 Å². The van der Waals surface area contributed by atoms with Gasteiger partial charge in [0.2, 0.25) is 11.5 Å². The second-order valence-electron chi connectivity index (χ2n) is 7.12. The van der Waals surface area contributed by atoms with E-state index in [1.807, 2.05) is 19.9 Å². The molecule has 0 aromatic carbocycles. The van der Waals surface area contributed by atoms with Gasteiger partial charge >= 0.3 is 0 Å². The third-order valence-electron chi connectivity index (χ3n) is 4.68. The molecule has 1 aliphatic rings. The molecule has 1 aliphatic heterocycles. The van der Waals surface area contributed by atoms with Crippen molar-refractivity contribution in [3.05, 3.63) is 52.2 Å². The SMILES string of the molecule is CC(C)c1[nH]c(=O)ccc1C(=O)NCC1CCCN(c2ncccn2)C1.O=CO. The first-order valence-corrected chi connectivity index (χ1v) is 9.57. The molecule has 1 atom stereocenters. The minimum Gasteiger partial charge on any atom is -0.483 e. The minimum atomic E-state index is -0.250. The van der Waals surface area contributed by atoms with Crippen LogP contribution in [0.1, 0.15) is 48.7 Å². The van der Waals surface area contributed by atoms with Crippen LogP contribution in [0.3, 0.4) is 0 Å². The van der Waals surface area contributed by atoms with Crippen molar-refractivity contribution in [3.8, 4) is 0 Å². The fourth-order valence-corrected chi connectivity index (χ4v) is 3.34. The Kier molecular flexibility index (Phi) is 8.32. The number of carbonyl (C=O) groups excluding carboxylic acids is 1. The van der Waals surface area contributed by atoms with Gasteiger partial charge in [-0.3, -0.25) is 14.4 Å². The number of amides is 1. The highest BCUT2D eigenvalue weighted by Crippen LogP contribution is 2.20. The van der Waals surface area contributed by atoms with Crippen LogP contribution in [0.2, 0.25) is 0 Å².